The third-order valence-electron chi connectivity index (χ3n) is 5.76. The summed E-state index contributed by atoms with van der Waals surface area (Å²) in [4.78, 5) is 26.5. The second kappa shape index (κ2) is 6.01. The maximum absolute atomic E-state index is 12.9. The SMILES string of the molecule is C[C@H]1CCc2sc3ncn4nc(C(=O)N5CCC[C@H](C)C5)nc4c3c2C1. The molecule has 0 spiro atoms. The number of nitrogens with zero attached hydrogens (tertiary/aromatic N) is 5. The summed E-state index contributed by atoms with van der Waals surface area (Å²) < 4.78 is 1.69. The third-order valence-corrected chi connectivity index (χ3v) is 6.96. The van der Waals surface area contributed by atoms with Gasteiger partial charge in [0.1, 0.15) is 11.2 Å². The maximum Gasteiger partial charge on any atom is 0.293 e. The van der Waals surface area contributed by atoms with E-state index < -0.39 is 0 Å². The molecule has 6 nitrogen and oxygen atoms in total. The zero-order valence-corrected chi connectivity index (χ0v) is 16.1. The highest BCUT2D eigenvalue weighted by Crippen LogP contribution is 2.38. The quantitative estimate of drug-likeness (QED) is 0.660. The topological polar surface area (TPSA) is 63.4 Å². The van der Waals surface area contributed by atoms with Crippen molar-refractivity contribution < 1.29 is 4.79 Å². The molecule has 1 aliphatic carbocycles. The summed E-state index contributed by atoms with van der Waals surface area (Å²) in [6, 6.07) is 0. The van der Waals surface area contributed by atoms with Crippen molar-refractivity contribution in [1.82, 2.24) is 24.5 Å². The van der Waals surface area contributed by atoms with Crippen molar-refractivity contribution in [3.63, 3.8) is 0 Å². The van der Waals surface area contributed by atoms with Gasteiger partial charge in [0, 0.05) is 18.0 Å². The van der Waals surface area contributed by atoms with Crippen molar-refractivity contribution in [3.8, 4) is 0 Å². The Labute approximate surface area is 156 Å². The molecule has 3 aromatic rings. The van der Waals surface area contributed by atoms with Crippen LogP contribution in [0.2, 0.25) is 0 Å². The van der Waals surface area contributed by atoms with Crippen LogP contribution >= 0.6 is 11.3 Å². The van der Waals surface area contributed by atoms with E-state index in [9.17, 15) is 4.79 Å². The average Bonchev–Trinajstić information content (AvgIpc) is 3.21. The maximum atomic E-state index is 12.9. The van der Waals surface area contributed by atoms with Gasteiger partial charge in [0.05, 0.1) is 5.39 Å². The number of carbonyl (C=O) groups is 1. The molecule has 1 fully saturated rings. The highest BCUT2D eigenvalue weighted by Gasteiger charge is 2.27. The molecule has 136 valence electrons. The van der Waals surface area contributed by atoms with Crippen molar-refractivity contribution in [2.45, 2.75) is 46.0 Å². The first kappa shape index (κ1) is 16.2. The Bertz CT molecular complexity index is 1010. The van der Waals surface area contributed by atoms with E-state index in [0.29, 0.717) is 17.7 Å². The number of amides is 1. The van der Waals surface area contributed by atoms with E-state index in [1.165, 1.54) is 23.3 Å². The number of piperidine rings is 1. The van der Waals surface area contributed by atoms with Crippen molar-refractivity contribution >= 4 is 33.1 Å². The molecule has 2 atom stereocenters. The van der Waals surface area contributed by atoms with Crippen LogP contribution in [-0.2, 0) is 12.8 Å². The summed E-state index contributed by atoms with van der Waals surface area (Å²) >= 11 is 1.78. The lowest BCUT2D eigenvalue weighted by atomic mass is 9.89. The largest absolute Gasteiger partial charge is 0.336 e. The minimum absolute atomic E-state index is 0.0501. The Hall–Kier alpha value is -2.02. The first-order valence-electron chi connectivity index (χ1n) is 9.55. The fourth-order valence-electron chi connectivity index (χ4n) is 4.35. The van der Waals surface area contributed by atoms with Crippen molar-refractivity contribution in [2.75, 3.05) is 13.1 Å². The Morgan fingerprint density at radius 3 is 3.00 bits per heavy atom. The lowest BCUT2D eigenvalue weighted by molar-refractivity contribution is 0.0671. The first-order chi connectivity index (χ1) is 12.6. The summed E-state index contributed by atoms with van der Waals surface area (Å²) in [6.45, 7) is 6.10. The number of carbonyl (C=O) groups excluding carboxylic acids is 1. The van der Waals surface area contributed by atoms with Gasteiger partial charge < -0.3 is 4.90 Å². The van der Waals surface area contributed by atoms with E-state index in [1.54, 1.807) is 22.2 Å². The minimum atomic E-state index is -0.0501. The van der Waals surface area contributed by atoms with Gasteiger partial charge in [-0.05, 0) is 49.5 Å². The molecule has 0 saturated carbocycles. The summed E-state index contributed by atoms with van der Waals surface area (Å²) in [5.74, 6) is 1.48. The third kappa shape index (κ3) is 2.52. The van der Waals surface area contributed by atoms with Gasteiger partial charge in [0.25, 0.3) is 5.91 Å². The molecule has 2 aliphatic rings. The number of aromatic nitrogens is 4. The van der Waals surface area contributed by atoms with Gasteiger partial charge in [-0.25, -0.2) is 14.5 Å². The fourth-order valence-corrected chi connectivity index (χ4v) is 5.53. The molecule has 26 heavy (non-hydrogen) atoms. The Balaban J connectivity index is 1.60. The number of likely N-dealkylation sites (tertiary alicyclic amines) is 1. The second-order valence-electron chi connectivity index (χ2n) is 7.98. The monoisotopic (exact) mass is 369 g/mol. The normalized spacial score (nSPS) is 23.5. The molecule has 0 unspecified atom stereocenters. The molecule has 1 amide bonds. The second-order valence-corrected chi connectivity index (χ2v) is 9.06. The first-order valence-corrected chi connectivity index (χ1v) is 10.4. The Morgan fingerprint density at radius 2 is 2.15 bits per heavy atom. The van der Waals surface area contributed by atoms with Gasteiger partial charge in [-0.2, -0.15) is 0 Å². The molecular formula is C19H23N5OS. The number of fused-ring (bicyclic) bond motifs is 5. The van der Waals surface area contributed by atoms with E-state index in [2.05, 4.69) is 28.9 Å². The molecule has 3 aromatic heterocycles. The van der Waals surface area contributed by atoms with Crippen LogP contribution in [0.25, 0.3) is 15.9 Å². The van der Waals surface area contributed by atoms with Crippen molar-refractivity contribution in [3.05, 3.63) is 22.6 Å². The Morgan fingerprint density at radius 1 is 1.27 bits per heavy atom. The number of hydrogen-bond acceptors (Lipinski definition) is 5. The van der Waals surface area contributed by atoms with Gasteiger partial charge >= 0.3 is 0 Å². The lowest BCUT2D eigenvalue weighted by Crippen LogP contribution is -2.39. The molecule has 7 heteroatoms. The molecule has 0 aromatic carbocycles. The predicted octanol–water partition coefficient (Wildman–Crippen LogP) is 3.34. The molecule has 1 aliphatic heterocycles. The molecule has 5 rings (SSSR count). The summed E-state index contributed by atoms with van der Waals surface area (Å²) in [5.41, 5.74) is 2.16. The van der Waals surface area contributed by atoms with Crippen LogP contribution in [0, 0.1) is 11.8 Å². The highest BCUT2D eigenvalue weighted by molar-refractivity contribution is 7.19. The molecule has 4 heterocycles. The van der Waals surface area contributed by atoms with Crippen LogP contribution in [0.1, 0.15) is 54.2 Å². The Kier molecular flexibility index (Phi) is 3.74. The van der Waals surface area contributed by atoms with Crippen LogP contribution in [0.4, 0.5) is 0 Å². The number of rotatable bonds is 1. The average molecular weight is 369 g/mol. The van der Waals surface area contributed by atoms with Crippen LogP contribution in [-0.4, -0.2) is 43.5 Å². The van der Waals surface area contributed by atoms with Gasteiger partial charge in [-0.1, -0.05) is 13.8 Å². The lowest BCUT2D eigenvalue weighted by Gasteiger charge is -2.29. The van der Waals surface area contributed by atoms with Crippen molar-refractivity contribution in [1.29, 1.82) is 0 Å². The summed E-state index contributed by atoms with van der Waals surface area (Å²) in [7, 11) is 0. The van der Waals surface area contributed by atoms with E-state index in [1.807, 2.05) is 4.90 Å². The molecule has 0 radical (unpaired) electrons. The van der Waals surface area contributed by atoms with Crippen LogP contribution < -0.4 is 0 Å². The molecule has 0 bridgehead atoms. The van der Waals surface area contributed by atoms with E-state index in [4.69, 9.17) is 0 Å². The van der Waals surface area contributed by atoms with Crippen molar-refractivity contribution in [2.24, 2.45) is 11.8 Å². The van der Waals surface area contributed by atoms with Gasteiger partial charge in [-0.3, -0.25) is 4.79 Å². The van der Waals surface area contributed by atoms with Gasteiger partial charge in [0.15, 0.2) is 5.65 Å². The number of thiophene rings is 1. The van der Waals surface area contributed by atoms with Gasteiger partial charge in [-0.15, -0.1) is 16.4 Å². The fraction of sp³-hybridized carbons (Fsp3) is 0.579. The molecule has 0 N–H and O–H groups in total. The highest BCUT2D eigenvalue weighted by atomic mass is 32.1. The van der Waals surface area contributed by atoms with E-state index in [-0.39, 0.29) is 5.91 Å². The summed E-state index contributed by atoms with van der Waals surface area (Å²) in [5, 5.41) is 5.58. The predicted molar refractivity (Wildman–Crippen MR) is 102 cm³/mol. The van der Waals surface area contributed by atoms with Crippen LogP contribution in [0.3, 0.4) is 0 Å². The van der Waals surface area contributed by atoms with E-state index >= 15 is 0 Å². The smallest absolute Gasteiger partial charge is 0.293 e. The van der Waals surface area contributed by atoms with Crippen LogP contribution in [0.15, 0.2) is 6.33 Å². The number of aryl methyl sites for hydroxylation is 1. The zero-order chi connectivity index (χ0) is 17.8. The molecular weight excluding hydrogens is 346 g/mol. The van der Waals surface area contributed by atoms with E-state index in [0.717, 1.165) is 48.2 Å². The molecule has 1 saturated heterocycles. The van der Waals surface area contributed by atoms with Gasteiger partial charge in [0.2, 0.25) is 5.82 Å². The summed E-state index contributed by atoms with van der Waals surface area (Å²) in [6.07, 6.45) is 7.37. The van der Waals surface area contributed by atoms with Crippen LogP contribution in [0.5, 0.6) is 0 Å². The standard InChI is InChI=1S/C19H23N5OS/c1-11-5-6-14-13(8-11)15-17-21-16(22-24(17)10-20-18(15)26-14)19(25)23-7-3-4-12(2)9-23/h10-12H,3-9H2,1-2H3/t11-,12-/m0/s1. The zero-order valence-electron chi connectivity index (χ0n) is 15.2. The number of hydrogen-bond donors (Lipinski definition) is 0. The minimum Gasteiger partial charge on any atom is -0.336 e.